The molecule has 0 unspecified atom stereocenters. The summed E-state index contributed by atoms with van der Waals surface area (Å²) in [4.78, 5) is 36.0. The van der Waals surface area contributed by atoms with Gasteiger partial charge in [0.15, 0.2) is 5.78 Å². The van der Waals surface area contributed by atoms with Crippen molar-refractivity contribution in [2.75, 3.05) is 0 Å². The fourth-order valence-electron chi connectivity index (χ4n) is 3.07. The van der Waals surface area contributed by atoms with Crippen LogP contribution in [0.15, 0.2) is 35.9 Å². The number of fused-ring (bicyclic) bond motifs is 2. The van der Waals surface area contributed by atoms with Crippen LogP contribution in [0, 0.1) is 0 Å². The van der Waals surface area contributed by atoms with Crippen LogP contribution in [0.25, 0.3) is 0 Å². The normalized spacial score (nSPS) is 25.9. The van der Waals surface area contributed by atoms with E-state index in [4.69, 9.17) is 0 Å². The van der Waals surface area contributed by atoms with Crippen molar-refractivity contribution in [1.82, 2.24) is 5.32 Å². The van der Waals surface area contributed by atoms with Gasteiger partial charge in [-0.3, -0.25) is 19.7 Å². The summed E-state index contributed by atoms with van der Waals surface area (Å²) < 4.78 is 0. The van der Waals surface area contributed by atoms with Gasteiger partial charge >= 0.3 is 0 Å². The molecule has 1 aliphatic carbocycles. The fourth-order valence-corrected chi connectivity index (χ4v) is 3.07. The first-order chi connectivity index (χ1) is 9.03. The van der Waals surface area contributed by atoms with Crippen LogP contribution in [0.3, 0.4) is 0 Å². The predicted octanol–water partition coefficient (Wildman–Crippen LogP) is 1.50. The van der Waals surface area contributed by atoms with E-state index in [2.05, 4.69) is 5.32 Å². The summed E-state index contributed by atoms with van der Waals surface area (Å²) in [7, 11) is 0. The van der Waals surface area contributed by atoms with Crippen molar-refractivity contribution in [3.8, 4) is 0 Å². The van der Waals surface area contributed by atoms with E-state index in [-0.39, 0.29) is 24.0 Å². The third-order valence-corrected chi connectivity index (χ3v) is 3.81. The highest BCUT2D eigenvalue weighted by Crippen LogP contribution is 2.41. The van der Waals surface area contributed by atoms with Gasteiger partial charge in [0, 0.05) is 12.0 Å². The Kier molecular flexibility index (Phi) is 2.42. The van der Waals surface area contributed by atoms with Crippen LogP contribution in [0.2, 0.25) is 0 Å². The molecule has 0 aromatic heterocycles. The van der Waals surface area contributed by atoms with Crippen molar-refractivity contribution >= 4 is 17.6 Å². The molecule has 0 fully saturated rings. The number of ketones is 1. The van der Waals surface area contributed by atoms with Gasteiger partial charge in [-0.25, -0.2) is 0 Å². The second kappa shape index (κ2) is 3.88. The Morgan fingerprint density at radius 1 is 1.11 bits per heavy atom. The molecule has 1 N–H and O–H groups in total. The van der Waals surface area contributed by atoms with Gasteiger partial charge in [0.25, 0.3) is 5.91 Å². The molecule has 4 heteroatoms. The molecule has 4 nitrogen and oxygen atoms in total. The Morgan fingerprint density at radius 3 is 2.58 bits per heavy atom. The summed E-state index contributed by atoms with van der Waals surface area (Å²) in [5.74, 6) is -0.814. The molecular formula is C15H13NO3. The Hall–Kier alpha value is -2.23. The van der Waals surface area contributed by atoms with Gasteiger partial charge in [-0.15, -0.1) is 0 Å². The largest absolute Gasteiger partial charge is 0.295 e. The highest BCUT2D eigenvalue weighted by molar-refractivity contribution is 6.15. The molecule has 2 aliphatic rings. The van der Waals surface area contributed by atoms with Crippen molar-refractivity contribution in [1.29, 1.82) is 0 Å². The smallest absolute Gasteiger partial charge is 0.258 e. The summed E-state index contributed by atoms with van der Waals surface area (Å²) in [6, 6.07) is 7.02. The van der Waals surface area contributed by atoms with Crippen LogP contribution in [-0.4, -0.2) is 17.6 Å². The van der Waals surface area contributed by atoms with E-state index in [9.17, 15) is 14.4 Å². The third-order valence-electron chi connectivity index (χ3n) is 3.81. The predicted molar refractivity (Wildman–Crippen MR) is 68.6 cm³/mol. The van der Waals surface area contributed by atoms with Gasteiger partial charge in [-0.05, 0) is 31.1 Å². The van der Waals surface area contributed by atoms with E-state index < -0.39 is 5.41 Å². The van der Waals surface area contributed by atoms with Crippen molar-refractivity contribution in [2.45, 2.75) is 25.2 Å². The summed E-state index contributed by atoms with van der Waals surface area (Å²) in [6.07, 6.45) is 2.19. The van der Waals surface area contributed by atoms with Gasteiger partial charge in [0.2, 0.25) is 5.91 Å². The van der Waals surface area contributed by atoms with Crippen molar-refractivity contribution in [3.63, 3.8) is 0 Å². The van der Waals surface area contributed by atoms with E-state index in [0.29, 0.717) is 17.5 Å². The van der Waals surface area contributed by atoms with E-state index in [1.807, 2.05) is 6.92 Å². The molecular weight excluding hydrogens is 242 g/mol. The number of hydrogen-bond donors (Lipinski definition) is 1. The Balaban J connectivity index is 2.24. The molecule has 0 radical (unpaired) electrons. The van der Waals surface area contributed by atoms with E-state index in [0.717, 1.165) is 5.57 Å². The first-order valence-electron chi connectivity index (χ1n) is 6.18. The zero-order valence-corrected chi connectivity index (χ0v) is 10.5. The first kappa shape index (κ1) is 11.8. The summed E-state index contributed by atoms with van der Waals surface area (Å²) in [5, 5.41) is 2.38. The average Bonchev–Trinajstić information content (AvgIpc) is 2.36. The zero-order chi connectivity index (χ0) is 13.6. The summed E-state index contributed by atoms with van der Waals surface area (Å²) >= 11 is 0. The zero-order valence-electron chi connectivity index (χ0n) is 10.5. The molecule has 0 saturated heterocycles. The first-order valence-corrected chi connectivity index (χ1v) is 6.18. The minimum absolute atomic E-state index is 0.0666. The molecule has 1 atom stereocenters. The lowest BCUT2D eigenvalue weighted by atomic mass is 9.66. The van der Waals surface area contributed by atoms with Crippen molar-refractivity contribution in [3.05, 3.63) is 47.0 Å². The van der Waals surface area contributed by atoms with Crippen molar-refractivity contribution < 1.29 is 14.4 Å². The maximum absolute atomic E-state index is 12.3. The molecule has 3 rings (SSSR count). The number of carbonyl (C=O) groups is 3. The monoisotopic (exact) mass is 255 g/mol. The number of allylic oxidation sites excluding steroid dienone is 2. The average molecular weight is 255 g/mol. The van der Waals surface area contributed by atoms with Gasteiger partial charge < -0.3 is 0 Å². The van der Waals surface area contributed by atoms with Gasteiger partial charge in [-0.1, -0.05) is 23.8 Å². The Labute approximate surface area is 110 Å². The topological polar surface area (TPSA) is 63.2 Å². The van der Waals surface area contributed by atoms with Gasteiger partial charge in [0.05, 0.1) is 5.41 Å². The lowest BCUT2D eigenvalue weighted by Crippen LogP contribution is -2.53. The molecule has 1 aromatic carbocycles. The van der Waals surface area contributed by atoms with Crippen LogP contribution >= 0.6 is 0 Å². The van der Waals surface area contributed by atoms with E-state index in [1.54, 1.807) is 30.3 Å². The van der Waals surface area contributed by atoms with E-state index in [1.165, 1.54) is 0 Å². The number of amides is 2. The molecule has 1 spiro atoms. The third kappa shape index (κ3) is 1.63. The molecule has 2 amide bonds. The Morgan fingerprint density at radius 2 is 1.84 bits per heavy atom. The molecule has 96 valence electrons. The van der Waals surface area contributed by atoms with Gasteiger partial charge in [-0.2, -0.15) is 0 Å². The second-order valence-corrected chi connectivity index (χ2v) is 5.22. The number of hydrogen-bond acceptors (Lipinski definition) is 3. The standard InChI is InChI=1S/C15H13NO3/c1-9-6-10(17)8-15(7-9)12-5-3-2-4-11(12)13(18)16-14(15)19/h2-6H,7-8H2,1H3,(H,16,18,19)/t15-/m0/s1. The minimum Gasteiger partial charge on any atom is -0.295 e. The van der Waals surface area contributed by atoms with Crippen LogP contribution in [-0.2, 0) is 15.0 Å². The maximum Gasteiger partial charge on any atom is 0.258 e. The number of carbonyl (C=O) groups excluding carboxylic acids is 3. The molecule has 1 aromatic rings. The second-order valence-electron chi connectivity index (χ2n) is 5.22. The summed E-state index contributed by atoms with van der Waals surface area (Å²) in [5.41, 5.74) is 1.12. The van der Waals surface area contributed by atoms with Crippen LogP contribution in [0.5, 0.6) is 0 Å². The molecule has 19 heavy (non-hydrogen) atoms. The molecule has 1 aliphatic heterocycles. The van der Waals surface area contributed by atoms with Crippen LogP contribution < -0.4 is 5.32 Å². The number of benzene rings is 1. The SMILES string of the molecule is CC1=CC(=O)C[C@]2(C1)C(=O)NC(=O)c1ccccc12. The highest BCUT2D eigenvalue weighted by atomic mass is 16.2. The molecule has 0 saturated carbocycles. The van der Waals surface area contributed by atoms with Gasteiger partial charge in [0.1, 0.15) is 0 Å². The molecule has 1 heterocycles. The number of nitrogens with one attached hydrogen (secondary N) is 1. The van der Waals surface area contributed by atoms with E-state index >= 15 is 0 Å². The van der Waals surface area contributed by atoms with Crippen LogP contribution in [0.1, 0.15) is 35.7 Å². The minimum atomic E-state index is -0.916. The lowest BCUT2D eigenvalue weighted by Gasteiger charge is -2.38. The highest BCUT2D eigenvalue weighted by Gasteiger charge is 2.49. The molecule has 0 bridgehead atoms. The number of rotatable bonds is 0. The van der Waals surface area contributed by atoms with Crippen molar-refractivity contribution in [2.24, 2.45) is 0 Å². The quantitative estimate of drug-likeness (QED) is 0.715. The van der Waals surface area contributed by atoms with Crippen LogP contribution in [0.4, 0.5) is 0 Å². The fraction of sp³-hybridized carbons (Fsp3) is 0.267. The summed E-state index contributed by atoms with van der Waals surface area (Å²) in [6.45, 7) is 1.84. The number of imide groups is 1. The maximum atomic E-state index is 12.3. The lowest BCUT2D eigenvalue weighted by molar-refractivity contribution is -0.130. The Bertz CT molecular complexity index is 645.